The van der Waals surface area contributed by atoms with E-state index in [9.17, 15) is 4.79 Å². The number of hydrogen-bond acceptors (Lipinski definition) is 3. The van der Waals surface area contributed by atoms with Crippen LogP contribution in [0.1, 0.15) is 16.8 Å². The standard InChI is InChI=1S/C20H24N2O.2ClH/c1-21-13-15-22(16-14-21)12-11-20(23)19-9-7-18(8-10-19)17-5-3-2-4-6-17;;/h2-10H,11-16H2,1H3;2*1H. The lowest BCUT2D eigenvalue weighted by atomic mass is 10.0. The van der Waals surface area contributed by atoms with Crippen LogP contribution in [0, 0.1) is 0 Å². The highest BCUT2D eigenvalue weighted by atomic mass is 35.5. The summed E-state index contributed by atoms with van der Waals surface area (Å²) in [7, 11) is 2.15. The molecule has 0 unspecified atom stereocenters. The summed E-state index contributed by atoms with van der Waals surface area (Å²) in [5.41, 5.74) is 3.16. The molecule has 5 heteroatoms. The SMILES string of the molecule is CN1CCN(CCC(=O)c2ccc(-c3ccccc3)cc2)CC1.Cl.Cl. The van der Waals surface area contributed by atoms with E-state index in [0.29, 0.717) is 6.42 Å². The molecule has 3 rings (SSSR count). The fourth-order valence-electron chi connectivity index (χ4n) is 2.95. The second-order valence-corrected chi connectivity index (χ2v) is 6.26. The number of Topliss-reactive ketones (excluding diaryl/α,β-unsaturated/α-hetero) is 1. The van der Waals surface area contributed by atoms with E-state index in [1.807, 2.05) is 42.5 Å². The van der Waals surface area contributed by atoms with Gasteiger partial charge < -0.3 is 9.80 Å². The molecule has 136 valence electrons. The molecule has 1 saturated heterocycles. The number of likely N-dealkylation sites (N-methyl/N-ethyl adjacent to an activating group) is 1. The summed E-state index contributed by atoms with van der Waals surface area (Å²) in [4.78, 5) is 17.1. The molecule has 0 spiro atoms. The molecule has 1 fully saturated rings. The largest absolute Gasteiger partial charge is 0.304 e. The molecule has 0 bridgehead atoms. The molecule has 0 aliphatic carbocycles. The van der Waals surface area contributed by atoms with Crippen LogP contribution < -0.4 is 0 Å². The second-order valence-electron chi connectivity index (χ2n) is 6.26. The van der Waals surface area contributed by atoms with E-state index in [1.165, 1.54) is 5.56 Å². The van der Waals surface area contributed by atoms with E-state index >= 15 is 0 Å². The second kappa shape index (κ2) is 10.6. The number of benzene rings is 2. The maximum absolute atomic E-state index is 12.4. The van der Waals surface area contributed by atoms with Gasteiger partial charge in [-0.25, -0.2) is 0 Å². The van der Waals surface area contributed by atoms with Gasteiger partial charge >= 0.3 is 0 Å². The minimum Gasteiger partial charge on any atom is -0.304 e. The van der Waals surface area contributed by atoms with E-state index < -0.39 is 0 Å². The van der Waals surface area contributed by atoms with Crippen LogP contribution >= 0.6 is 24.8 Å². The van der Waals surface area contributed by atoms with Crippen LogP contribution in [-0.2, 0) is 0 Å². The smallest absolute Gasteiger partial charge is 0.164 e. The fourth-order valence-corrected chi connectivity index (χ4v) is 2.95. The number of hydrogen-bond donors (Lipinski definition) is 0. The molecule has 1 heterocycles. The molecule has 0 N–H and O–H groups in total. The zero-order valence-electron chi connectivity index (χ0n) is 14.6. The summed E-state index contributed by atoms with van der Waals surface area (Å²) in [5, 5.41) is 0. The van der Waals surface area contributed by atoms with Crippen LogP contribution in [0.25, 0.3) is 11.1 Å². The first-order valence-electron chi connectivity index (χ1n) is 8.32. The summed E-state index contributed by atoms with van der Waals surface area (Å²) in [6, 6.07) is 18.2. The first kappa shape index (κ1) is 21.7. The van der Waals surface area contributed by atoms with Gasteiger partial charge in [-0.15, -0.1) is 24.8 Å². The van der Waals surface area contributed by atoms with Gasteiger partial charge in [0.05, 0.1) is 0 Å². The molecule has 1 aliphatic rings. The molecule has 3 nitrogen and oxygen atoms in total. The monoisotopic (exact) mass is 380 g/mol. The topological polar surface area (TPSA) is 23.6 Å². The third-order valence-corrected chi connectivity index (χ3v) is 4.56. The fraction of sp³-hybridized carbons (Fsp3) is 0.350. The van der Waals surface area contributed by atoms with Crippen molar-refractivity contribution in [1.29, 1.82) is 0 Å². The first-order chi connectivity index (χ1) is 11.2. The van der Waals surface area contributed by atoms with Gasteiger partial charge in [0.1, 0.15) is 0 Å². The summed E-state index contributed by atoms with van der Waals surface area (Å²) in [5.74, 6) is 0.239. The van der Waals surface area contributed by atoms with Crippen LogP contribution in [-0.4, -0.2) is 55.4 Å². The third kappa shape index (κ3) is 6.12. The molecule has 1 aliphatic heterocycles. The third-order valence-electron chi connectivity index (χ3n) is 4.56. The van der Waals surface area contributed by atoms with E-state index in [1.54, 1.807) is 0 Å². The van der Waals surface area contributed by atoms with Crippen molar-refractivity contribution in [2.24, 2.45) is 0 Å². The predicted molar refractivity (Wildman–Crippen MR) is 109 cm³/mol. The van der Waals surface area contributed by atoms with Crippen LogP contribution in [0.3, 0.4) is 0 Å². The normalized spacial score (nSPS) is 15.1. The Kier molecular flexibility index (Phi) is 9.15. The van der Waals surface area contributed by atoms with Crippen molar-refractivity contribution in [3.05, 3.63) is 60.2 Å². The highest BCUT2D eigenvalue weighted by Gasteiger charge is 2.15. The summed E-state index contributed by atoms with van der Waals surface area (Å²) < 4.78 is 0. The van der Waals surface area contributed by atoms with Crippen LogP contribution in [0.2, 0.25) is 0 Å². The van der Waals surface area contributed by atoms with E-state index in [2.05, 4.69) is 29.0 Å². The summed E-state index contributed by atoms with van der Waals surface area (Å²) in [6.07, 6.45) is 0.606. The minimum atomic E-state index is 0. The van der Waals surface area contributed by atoms with Gasteiger partial charge in [-0.1, -0.05) is 54.6 Å². The van der Waals surface area contributed by atoms with Crippen molar-refractivity contribution in [3.8, 4) is 11.1 Å². The number of piperazine rings is 1. The average molecular weight is 381 g/mol. The maximum atomic E-state index is 12.4. The first-order valence-corrected chi connectivity index (χ1v) is 8.32. The van der Waals surface area contributed by atoms with Crippen molar-refractivity contribution < 1.29 is 4.79 Å². The predicted octanol–water partition coefficient (Wildman–Crippen LogP) is 4.02. The van der Waals surface area contributed by atoms with E-state index in [-0.39, 0.29) is 30.6 Å². The molecule has 2 aromatic carbocycles. The maximum Gasteiger partial charge on any atom is 0.164 e. The molecular formula is C20H26Cl2N2O. The lowest BCUT2D eigenvalue weighted by Crippen LogP contribution is -2.45. The Labute approximate surface area is 162 Å². The van der Waals surface area contributed by atoms with Crippen molar-refractivity contribution in [1.82, 2.24) is 9.80 Å². The van der Waals surface area contributed by atoms with Crippen LogP contribution in [0.15, 0.2) is 54.6 Å². The lowest BCUT2D eigenvalue weighted by molar-refractivity contribution is 0.0942. The van der Waals surface area contributed by atoms with Crippen molar-refractivity contribution >= 4 is 30.6 Å². The molecule has 0 radical (unpaired) electrons. The number of rotatable bonds is 5. The molecular weight excluding hydrogens is 355 g/mol. The van der Waals surface area contributed by atoms with Gasteiger partial charge in [0.25, 0.3) is 0 Å². The highest BCUT2D eigenvalue weighted by Crippen LogP contribution is 2.19. The van der Waals surface area contributed by atoms with Gasteiger partial charge in [0.15, 0.2) is 5.78 Å². The van der Waals surface area contributed by atoms with Gasteiger partial charge in [-0.2, -0.15) is 0 Å². The van der Waals surface area contributed by atoms with Crippen molar-refractivity contribution in [3.63, 3.8) is 0 Å². The molecule has 2 aromatic rings. The summed E-state index contributed by atoms with van der Waals surface area (Å²) >= 11 is 0. The van der Waals surface area contributed by atoms with Gasteiger partial charge in [-0.3, -0.25) is 4.79 Å². The zero-order chi connectivity index (χ0) is 16.1. The number of ketones is 1. The number of nitrogens with zero attached hydrogens (tertiary/aromatic N) is 2. The van der Waals surface area contributed by atoms with E-state index in [4.69, 9.17) is 0 Å². The Morgan fingerprint density at radius 3 is 2.00 bits per heavy atom. The Hall–Kier alpha value is -1.39. The molecule has 0 amide bonds. The number of carbonyl (C=O) groups excluding carboxylic acids is 1. The quantitative estimate of drug-likeness (QED) is 0.731. The Balaban J connectivity index is 0.00000156. The Morgan fingerprint density at radius 2 is 1.40 bits per heavy atom. The molecule has 25 heavy (non-hydrogen) atoms. The summed E-state index contributed by atoms with van der Waals surface area (Å²) in [6.45, 7) is 5.19. The van der Waals surface area contributed by atoms with Crippen LogP contribution in [0.4, 0.5) is 0 Å². The van der Waals surface area contributed by atoms with Crippen molar-refractivity contribution in [2.45, 2.75) is 6.42 Å². The van der Waals surface area contributed by atoms with E-state index in [0.717, 1.165) is 43.9 Å². The molecule has 0 saturated carbocycles. The number of carbonyl (C=O) groups is 1. The average Bonchev–Trinajstić information content (AvgIpc) is 2.62. The molecule has 0 atom stereocenters. The Bertz CT molecular complexity index is 639. The number of halogens is 2. The minimum absolute atomic E-state index is 0. The lowest BCUT2D eigenvalue weighted by Gasteiger charge is -2.32. The van der Waals surface area contributed by atoms with Gasteiger partial charge in [-0.05, 0) is 18.2 Å². The zero-order valence-corrected chi connectivity index (χ0v) is 16.2. The van der Waals surface area contributed by atoms with Crippen LogP contribution in [0.5, 0.6) is 0 Å². The Morgan fingerprint density at radius 1 is 0.840 bits per heavy atom. The van der Waals surface area contributed by atoms with Gasteiger partial charge in [0.2, 0.25) is 0 Å². The highest BCUT2D eigenvalue weighted by molar-refractivity contribution is 5.96. The molecule has 0 aromatic heterocycles. The van der Waals surface area contributed by atoms with Gasteiger partial charge in [0, 0.05) is 44.7 Å². The van der Waals surface area contributed by atoms with Crippen molar-refractivity contribution in [2.75, 3.05) is 39.8 Å².